The van der Waals surface area contributed by atoms with Crippen molar-refractivity contribution in [3.63, 3.8) is 0 Å². The zero-order valence-electron chi connectivity index (χ0n) is 11.3. The minimum Gasteiger partial charge on any atom is -0.409 e. The molecule has 1 aromatic carbocycles. The molecule has 1 fully saturated rings. The largest absolute Gasteiger partial charge is 0.409 e. The molecule has 6 heteroatoms. The van der Waals surface area contributed by atoms with Gasteiger partial charge in [0.15, 0.2) is 0 Å². The Morgan fingerprint density at radius 1 is 1.55 bits per heavy atom. The number of likely N-dealkylation sites (tertiary alicyclic amines) is 1. The Balaban J connectivity index is 2.16. The van der Waals surface area contributed by atoms with E-state index in [9.17, 15) is 4.79 Å². The van der Waals surface area contributed by atoms with Crippen molar-refractivity contribution in [3.05, 3.63) is 34.3 Å². The van der Waals surface area contributed by atoms with E-state index in [4.69, 9.17) is 22.5 Å². The molecule has 20 heavy (non-hydrogen) atoms. The number of aryl methyl sites for hydroxylation is 1. The van der Waals surface area contributed by atoms with Gasteiger partial charge in [0.2, 0.25) is 0 Å². The van der Waals surface area contributed by atoms with Gasteiger partial charge < -0.3 is 15.8 Å². The molecular formula is C14H18ClN3O2. The summed E-state index contributed by atoms with van der Waals surface area (Å²) in [5.41, 5.74) is 7.15. The average Bonchev–Trinajstić information content (AvgIpc) is 2.46. The van der Waals surface area contributed by atoms with Gasteiger partial charge in [-0.3, -0.25) is 4.79 Å². The van der Waals surface area contributed by atoms with Crippen LogP contribution < -0.4 is 5.73 Å². The van der Waals surface area contributed by atoms with Crippen LogP contribution in [-0.2, 0) is 0 Å². The van der Waals surface area contributed by atoms with Gasteiger partial charge in [0.1, 0.15) is 5.84 Å². The number of benzene rings is 1. The normalized spacial score (nSPS) is 20.0. The van der Waals surface area contributed by atoms with Crippen molar-refractivity contribution in [1.82, 2.24) is 4.90 Å². The highest BCUT2D eigenvalue weighted by Gasteiger charge is 2.27. The van der Waals surface area contributed by atoms with E-state index >= 15 is 0 Å². The van der Waals surface area contributed by atoms with Crippen LogP contribution in [0.1, 0.15) is 28.8 Å². The Kier molecular flexibility index (Phi) is 4.49. The lowest BCUT2D eigenvalue weighted by Crippen LogP contribution is -2.44. The summed E-state index contributed by atoms with van der Waals surface area (Å²) in [6.07, 6.45) is 1.65. The first-order chi connectivity index (χ1) is 9.52. The molecule has 5 nitrogen and oxygen atoms in total. The SMILES string of the molecule is Cc1ccc(C(=O)N2CCCC(/C(N)=N/O)C2)c(Cl)c1. The summed E-state index contributed by atoms with van der Waals surface area (Å²) in [7, 11) is 0. The first kappa shape index (κ1) is 14.7. The number of halogens is 1. The Hall–Kier alpha value is -1.75. The molecule has 1 aliphatic rings. The molecule has 1 unspecified atom stereocenters. The number of nitrogens with two attached hydrogens (primary N) is 1. The maximum Gasteiger partial charge on any atom is 0.255 e. The first-order valence-electron chi connectivity index (χ1n) is 6.55. The van der Waals surface area contributed by atoms with Gasteiger partial charge in [0.25, 0.3) is 5.91 Å². The summed E-state index contributed by atoms with van der Waals surface area (Å²) in [6, 6.07) is 5.39. The average molecular weight is 296 g/mol. The summed E-state index contributed by atoms with van der Waals surface area (Å²) >= 11 is 6.13. The van der Waals surface area contributed by atoms with E-state index in [0.717, 1.165) is 18.4 Å². The Labute approximate surface area is 123 Å². The smallest absolute Gasteiger partial charge is 0.255 e. The molecule has 0 saturated carbocycles. The molecular weight excluding hydrogens is 278 g/mol. The fourth-order valence-electron chi connectivity index (χ4n) is 2.45. The van der Waals surface area contributed by atoms with Gasteiger partial charge >= 0.3 is 0 Å². The highest BCUT2D eigenvalue weighted by Crippen LogP contribution is 2.23. The van der Waals surface area contributed by atoms with Crippen molar-refractivity contribution >= 4 is 23.3 Å². The number of amides is 1. The van der Waals surface area contributed by atoms with Crippen molar-refractivity contribution in [1.29, 1.82) is 0 Å². The number of hydrogen-bond donors (Lipinski definition) is 2. The molecule has 0 aromatic heterocycles. The van der Waals surface area contributed by atoms with Crippen molar-refractivity contribution in [3.8, 4) is 0 Å². The van der Waals surface area contributed by atoms with E-state index in [1.165, 1.54) is 0 Å². The van der Waals surface area contributed by atoms with Gasteiger partial charge in [-0.1, -0.05) is 22.8 Å². The van der Waals surface area contributed by atoms with Gasteiger partial charge in [-0.15, -0.1) is 0 Å². The van der Waals surface area contributed by atoms with Crippen molar-refractivity contribution in [2.24, 2.45) is 16.8 Å². The van der Waals surface area contributed by atoms with Gasteiger partial charge in [0, 0.05) is 19.0 Å². The van der Waals surface area contributed by atoms with Crippen LogP contribution in [0.15, 0.2) is 23.4 Å². The first-order valence-corrected chi connectivity index (χ1v) is 6.93. The summed E-state index contributed by atoms with van der Waals surface area (Å²) in [4.78, 5) is 14.2. The lowest BCUT2D eigenvalue weighted by Gasteiger charge is -2.32. The fourth-order valence-corrected chi connectivity index (χ4v) is 2.76. The van der Waals surface area contributed by atoms with Gasteiger partial charge in [-0.05, 0) is 37.5 Å². The van der Waals surface area contributed by atoms with Crippen LogP contribution in [0.4, 0.5) is 0 Å². The number of nitrogens with zero attached hydrogens (tertiary/aromatic N) is 2. The zero-order valence-corrected chi connectivity index (χ0v) is 12.1. The zero-order chi connectivity index (χ0) is 14.7. The predicted molar refractivity (Wildman–Crippen MR) is 78.2 cm³/mol. The van der Waals surface area contributed by atoms with Gasteiger partial charge in [-0.2, -0.15) is 0 Å². The number of piperidine rings is 1. The summed E-state index contributed by atoms with van der Waals surface area (Å²) < 4.78 is 0. The molecule has 1 aliphatic heterocycles. The molecule has 0 spiro atoms. The molecule has 2 rings (SSSR count). The number of amidine groups is 1. The highest BCUT2D eigenvalue weighted by molar-refractivity contribution is 6.33. The summed E-state index contributed by atoms with van der Waals surface area (Å²) in [6.45, 7) is 3.05. The summed E-state index contributed by atoms with van der Waals surface area (Å²) in [5, 5.41) is 12.2. The Morgan fingerprint density at radius 3 is 2.95 bits per heavy atom. The molecule has 1 atom stereocenters. The van der Waals surface area contributed by atoms with E-state index in [1.807, 2.05) is 13.0 Å². The predicted octanol–water partition coefficient (Wildman–Crippen LogP) is 2.25. The van der Waals surface area contributed by atoms with Gasteiger partial charge in [0.05, 0.1) is 10.6 Å². The number of oxime groups is 1. The van der Waals surface area contributed by atoms with Crippen LogP contribution in [0.25, 0.3) is 0 Å². The van der Waals surface area contributed by atoms with Crippen molar-refractivity contribution < 1.29 is 10.0 Å². The molecule has 108 valence electrons. The lowest BCUT2D eigenvalue weighted by atomic mass is 9.96. The standard InChI is InChI=1S/C14H18ClN3O2/c1-9-4-5-11(12(15)7-9)14(19)18-6-2-3-10(8-18)13(16)17-20/h4-5,7,10,20H,2-3,6,8H2,1H3,(H2,16,17). The maximum absolute atomic E-state index is 12.5. The molecule has 0 bridgehead atoms. The Bertz CT molecular complexity index is 545. The van der Waals surface area contributed by atoms with Crippen LogP contribution in [0.5, 0.6) is 0 Å². The van der Waals surface area contributed by atoms with Crippen LogP contribution in [0.3, 0.4) is 0 Å². The lowest BCUT2D eigenvalue weighted by molar-refractivity contribution is 0.0701. The molecule has 1 aromatic rings. The van der Waals surface area contributed by atoms with Crippen molar-refractivity contribution in [2.45, 2.75) is 19.8 Å². The molecule has 1 amide bonds. The van der Waals surface area contributed by atoms with Crippen LogP contribution in [-0.4, -0.2) is 34.9 Å². The highest BCUT2D eigenvalue weighted by atomic mass is 35.5. The molecule has 1 saturated heterocycles. The van der Waals surface area contributed by atoms with Crippen LogP contribution in [0.2, 0.25) is 5.02 Å². The van der Waals surface area contributed by atoms with Gasteiger partial charge in [-0.25, -0.2) is 0 Å². The van der Waals surface area contributed by atoms with Crippen molar-refractivity contribution in [2.75, 3.05) is 13.1 Å². The van der Waals surface area contributed by atoms with E-state index in [0.29, 0.717) is 23.7 Å². The topological polar surface area (TPSA) is 78.9 Å². The molecule has 1 heterocycles. The van der Waals surface area contributed by atoms with E-state index in [-0.39, 0.29) is 17.7 Å². The van der Waals surface area contributed by atoms with Crippen LogP contribution in [0, 0.1) is 12.8 Å². The maximum atomic E-state index is 12.5. The number of hydrogen-bond acceptors (Lipinski definition) is 3. The second kappa shape index (κ2) is 6.13. The van der Waals surface area contributed by atoms with Crippen LogP contribution >= 0.6 is 11.6 Å². The molecule has 3 N–H and O–H groups in total. The third-order valence-electron chi connectivity index (χ3n) is 3.60. The number of carbonyl (C=O) groups is 1. The Morgan fingerprint density at radius 2 is 2.30 bits per heavy atom. The van der Waals surface area contributed by atoms with E-state index < -0.39 is 0 Å². The second-order valence-electron chi connectivity index (χ2n) is 5.10. The van der Waals surface area contributed by atoms with E-state index in [1.54, 1.807) is 17.0 Å². The minimum atomic E-state index is -0.106. The molecule has 0 radical (unpaired) electrons. The molecule has 0 aliphatic carbocycles. The quantitative estimate of drug-likeness (QED) is 0.380. The number of rotatable bonds is 2. The fraction of sp³-hybridized carbons (Fsp3) is 0.429. The second-order valence-corrected chi connectivity index (χ2v) is 5.51. The third-order valence-corrected chi connectivity index (χ3v) is 3.91. The van der Waals surface area contributed by atoms with E-state index in [2.05, 4.69) is 5.16 Å². The third kappa shape index (κ3) is 3.04. The number of carbonyl (C=O) groups excluding carboxylic acids is 1. The minimum absolute atomic E-state index is 0.0954. The summed E-state index contributed by atoms with van der Waals surface area (Å²) in [5.74, 6) is -0.0233. The monoisotopic (exact) mass is 295 g/mol.